The maximum absolute atomic E-state index is 13.7. The number of hydrogen-bond donors (Lipinski definition) is 2. The summed E-state index contributed by atoms with van der Waals surface area (Å²) in [5, 5.41) is 12.9. The molecule has 1 aromatic rings. The normalized spacial score (nSPS) is 33.6. The molecule has 2 atom stereocenters. The van der Waals surface area contributed by atoms with E-state index >= 15 is 0 Å². The third-order valence-corrected chi connectivity index (χ3v) is 8.23. The number of benzene rings is 1. The van der Waals surface area contributed by atoms with Crippen LogP contribution in [0.15, 0.2) is 24.3 Å². The number of aliphatic hydroxyl groups is 1. The zero-order valence-corrected chi connectivity index (χ0v) is 19.5. The molecule has 1 aromatic carbocycles. The number of ether oxygens (including phenoxy) is 1. The molecule has 4 bridgehead atoms. The fourth-order valence-corrected chi connectivity index (χ4v) is 7.26. The van der Waals surface area contributed by atoms with Crippen LogP contribution < -0.4 is 5.32 Å². The summed E-state index contributed by atoms with van der Waals surface area (Å²) >= 11 is 0. The number of nitrogens with one attached hydrogen (secondary N) is 1. The second-order valence-corrected chi connectivity index (χ2v) is 10.8. The van der Waals surface area contributed by atoms with E-state index in [9.17, 15) is 24.3 Å². The number of Topliss-reactive ketones (excluding diaryl/α,β-unsaturated/α-hetero) is 1. The molecule has 0 radical (unpaired) electrons. The van der Waals surface area contributed by atoms with E-state index < -0.39 is 36.0 Å². The number of nitrogens with zero attached hydrogens (tertiary/aromatic N) is 1. The van der Waals surface area contributed by atoms with Gasteiger partial charge in [-0.3, -0.25) is 14.4 Å². The molecule has 2 N–H and O–H groups in total. The molecule has 6 rings (SSSR count). The van der Waals surface area contributed by atoms with E-state index in [4.69, 9.17) is 4.74 Å². The lowest BCUT2D eigenvalue weighted by atomic mass is 9.49. The Kier molecular flexibility index (Phi) is 5.96. The van der Waals surface area contributed by atoms with Gasteiger partial charge < -0.3 is 20.1 Å². The Morgan fingerprint density at radius 2 is 1.65 bits per heavy atom. The Labute approximate surface area is 199 Å². The van der Waals surface area contributed by atoms with E-state index in [1.165, 1.54) is 31.1 Å². The molecular formula is C26H32N2O6. The number of amides is 2. The largest absolute Gasteiger partial charge is 0.454 e. The predicted molar refractivity (Wildman–Crippen MR) is 123 cm³/mol. The van der Waals surface area contributed by atoms with Crippen molar-refractivity contribution in [2.24, 2.45) is 23.2 Å². The maximum atomic E-state index is 13.7. The van der Waals surface area contributed by atoms with Gasteiger partial charge in [0.1, 0.15) is 6.04 Å². The predicted octanol–water partition coefficient (Wildman–Crippen LogP) is 2.55. The highest BCUT2D eigenvalue weighted by Crippen LogP contribution is 2.60. The van der Waals surface area contributed by atoms with Crippen LogP contribution in [0.3, 0.4) is 0 Å². The molecule has 4 saturated carbocycles. The lowest BCUT2D eigenvalue weighted by molar-refractivity contribution is -0.166. The molecule has 1 saturated heterocycles. The molecule has 5 fully saturated rings. The molecule has 0 aromatic heterocycles. The number of anilines is 1. The standard InChI is InChI=1S/C26H32N2O6/c1-15(29)20-4-2-3-5-21(20)27-23(31)14-34-24(32)22-9-19(30)13-28(22)25(33)26-10-16-6-17(11-26)8-18(7-16)12-26/h2-5,16-19,22,30H,6-14H2,1H3,(H,27,31)/t16?,17?,18?,19?,22-,26?/m0/s1. The Bertz CT molecular complexity index is 985. The average molecular weight is 469 g/mol. The molecule has 8 heteroatoms. The minimum Gasteiger partial charge on any atom is -0.454 e. The van der Waals surface area contributed by atoms with E-state index in [1.807, 2.05) is 0 Å². The molecule has 1 aliphatic heterocycles. The zero-order chi connectivity index (χ0) is 24.0. The number of hydrogen-bond acceptors (Lipinski definition) is 6. The van der Waals surface area contributed by atoms with Crippen molar-refractivity contribution in [3.8, 4) is 0 Å². The summed E-state index contributed by atoms with van der Waals surface area (Å²) in [6.07, 6.45) is 5.60. The van der Waals surface area contributed by atoms with Crippen molar-refractivity contribution in [2.45, 2.75) is 64.0 Å². The van der Waals surface area contributed by atoms with E-state index in [-0.39, 0.29) is 24.7 Å². The summed E-state index contributed by atoms with van der Waals surface area (Å²) in [4.78, 5) is 52.3. The monoisotopic (exact) mass is 468 g/mol. The number of para-hydroxylation sites is 1. The van der Waals surface area contributed by atoms with Crippen molar-refractivity contribution >= 4 is 29.3 Å². The van der Waals surface area contributed by atoms with Crippen molar-refractivity contribution < 1.29 is 29.0 Å². The van der Waals surface area contributed by atoms with Gasteiger partial charge in [-0.25, -0.2) is 4.79 Å². The van der Waals surface area contributed by atoms with Crippen molar-refractivity contribution in [2.75, 3.05) is 18.5 Å². The van der Waals surface area contributed by atoms with Crippen LogP contribution in [0.1, 0.15) is 62.2 Å². The Morgan fingerprint density at radius 1 is 1.03 bits per heavy atom. The maximum Gasteiger partial charge on any atom is 0.329 e. The highest BCUT2D eigenvalue weighted by Gasteiger charge is 2.57. The topological polar surface area (TPSA) is 113 Å². The van der Waals surface area contributed by atoms with Crippen LogP contribution in [0.5, 0.6) is 0 Å². The van der Waals surface area contributed by atoms with Gasteiger partial charge in [-0.2, -0.15) is 0 Å². The highest BCUT2D eigenvalue weighted by molar-refractivity contribution is 6.04. The number of carbonyl (C=O) groups excluding carboxylic acids is 4. The molecule has 8 nitrogen and oxygen atoms in total. The molecule has 0 spiro atoms. The van der Waals surface area contributed by atoms with Crippen LogP contribution >= 0.6 is 0 Å². The summed E-state index contributed by atoms with van der Waals surface area (Å²) in [6, 6.07) is 5.73. The molecular weight excluding hydrogens is 436 g/mol. The smallest absolute Gasteiger partial charge is 0.329 e. The summed E-state index contributed by atoms with van der Waals surface area (Å²) in [6.45, 7) is 1.00. The number of carbonyl (C=O) groups is 4. The number of ketones is 1. The van der Waals surface area contributed by atoms with Gasteiger partial charge in [0.25, 0.3) is 5.91 Å². The third kappa shape index (κ3) is 4.24. The van der Waals surface area contributed by atoms with E-state index in [1.54, 1.807) is 24.3 Å². The molecule has 1 heterocycles. The van der Waals surface area contributed by atoms with Gasteiger partial charge >= 0.3 is 5.97 Å². The summed E-state index contributed by atoms with van der Waals surface area (Å²) in [5.74, 6) is 0.319. The Hall–Kier alpha value is -2.74. The molecule has 2 amide bonds. The van der Waals surface area contributed by atoms with Crippen LogP contribution in [-0.4, -0.2) is 58.9 Å². The molecule has 182 valence electrons. The van der Waals surface area contributed by atoms with Crippen molar-refractivity contribution in [1.29, 1.82) is 0 Å². The molecule has 34 heavy (non-hydrogen) atoms. The van der Waals surface area contributed by atoms with Crippen LogP contribution in [0.2, 0.25) is 0 Å². The van der Waals surface area contributed by atoms with Crippen LogP contribution in [0.4, 0.5) is 5.69 Å². The highest BCUT2D eigenvalue weighted by atomic mass is 16.5. The van der Waals surface area contributed by atoms with Crippen molar-refractivity contribution in [1.82, 2.24) is 4.90 Å². The fraction of sp³-hybridized carbons (Fsp3) is 0.615. The zero-order valence-electron chi connectivity index (χ0n) is 19.5. The Morgan fingerprint density at radius 3 is 2.26 bits per heavy atom. The van der Waals surface area contributed by atoms with Gasteiger partial charge in [0.2, 0.25) is 5.91 Å². The first kappa shape index (κ1) is 23.0. The number of β-amino-alcohol motifs (C(OH)–C–C–N with tert-alkyl or cyclic N) is 1. The number of likely N-dealkylation sites (tertiary alicyclic amines) is 1. The summed E-state index contributed by atoms with van der Waals surface area (Å²) < 4.78 is 5.27. The number of esters is 1. The van der Waals surface area contributed by atoms with E-state index in [0.29, 0.717) is 29.0 Å². The number of rotatable bonds is 6. The minimum absolute atomic E-state index is 0.0232. The molecule has 4 aliphatic carbocycles. The second kappa shape index (κ2) is 8.80. The molecule has 1 unspecified atom stereocenters. The van der Waals surface area contributed by atoms with Gasteiger partial charge in [-0.05, 0) is 75.3 Å². The molecule has 5 aliphatic rings. The Balaban J connectivity index is 1.22. The SMILES string of the molecule is CC(=O)c1ccccc1NC(=O)COC(=O)[C@@H]1CC(O)CN1C(=O)C12CC3CC(CC(C3)C1)C2. The lowest BCUT2D eigenvalue weighted by Crippen LogP contribution is -2.56. The first-order valence-corrected chi connectivity index (χ1v) is 12.3. The van der Waals surface area contributed by atoms with Gasteiger partial charge in [0.05, 0.1) is 17.2 Å². The van der Waals surface area contributed by atoms with Gasteiger partial charge in [-0.15, -0.1) is 0 Å². The van der Waals surface area contributed by atoms with Gasteiger partial charge in [0.15, 0.2) is 12.4 Å². The van der Waals surface area contributed by atoms with Crippen LogP contribution in [-0.2, 0) is 19.1 Å². The first-order chi connectivity index (χ1) is 16.2. The minimum atomic E-state index is -0.882. The van der Waals surface area contributed by atoms with Gasteiger partial charge in [-0.1, -0.05) is 12.1 Å². The summed E-state index contributed by atoms with van der Waals surface area (Å²) in [7, 11) is 0. The number of aliphatic hydroxyl groups excluding tert-OH is 1. The van der Waals surface area contributed by atoms with Crippen molar-refractivity contribution in [3.63, 3.8) is 0 Å². The summed E-state index contributed by atoms with van der Waals surface area (Å²) in [5.41, 5.74) is 0.310. The van der Waals surface area contributed by atoms with Crippen LogP contribution in [0, 0.1) is 23.2 Å². The van der Waals surface area contributed by atoms with E-state index in [0.717, 1.165) is 19.3 Å². The fourth-order valence-electron chi connectivity index (χ4n) is 7.26. The second-order valence-electron chi connectivity index (χ2n) is 10.8. The quantitative estimate of drug-likeness (QED) is 0.490. The van der Waals surface area contributed by atoms with Crippen molar-refractivity contribution in [3.05, 3.63) is 29.8 Å². The van der Waals surface area contributed by atoms with Crippen LogP contribution in [0.25, 0.3) is 0 Å². The first-order valence-electron chi connectivity index (χ1n) is 12.3. The van der Waals surface area contributed by atoms with Gasteiger partial charge in [0, 0.05) is 18.5 Å². The average Bonchev–Trinajstić information content (AvgIpc) is 3.18. The third-order valence-electron chi connectivity index (χ3n) is 8.23. The lowest BCUT2D eigenvalue weighted by Gasteiger charge is -2.56. The van der Waals surface area contributed by atoms with E-state index in [2.05, 4.69) is 5.32 Å².